The Morgan fingerprint density at radius 1 is 1.45 bits per heavy atom. The van der Waals surface area contributed by atoms with Crippen LogP contribution in [0, 0.1) is 11.8 Å². The lowest BCUT2D eigenvalue weighted by Gasteiger charge is -2.33. The van der Waals surface area contributed by atoms with Gasteiger partial charge in [-0.2, -0.15) is 0 Å². The van der Waals surface area contributed by atoms with Crippen molar-refractivity contribution in [3.05, 3.63) is 0 Å². The van der Waals surface area contributed by atoms with Crippen LogP contribution < -0.4 is 5.32 Å². The average Bonchev–Trinajstić information content (AvgIpc) is 2.29. The summed E-state index contributed by atoms with van der Waals surface area (Å²) in [4.78, 5) is 0. The fraction of sp³-hybridized carbons (Fsp3) is 1.00. The Bertz CT molecular complexity index is 156. The fourth-order valence-electron chi connectivity index (χ4n) is 2.65. The van der Waals surface area contributed by atoms with Gasteiger partial charge in [0.05, 0.1) is 5.60 Å². The number of hydrogen-bond donors (Lipinski definition) is 2. The van der Waals surface area contributed by atoms with Crippen molar-refractivity contribution in [3.8, 4) is 0 Å². The van der Waals surface area contributed by atoms with Crippen LogP contribution in [-0.4, -0.2) is 23.8 Å². The van der Waals surface area contributed by atoms with Gasteiger partial charge >= 0.3 is 0 Å². The molecule has 1 saturated carbocycles. The van der Waals surface area contributed by atoms with E-state index in [9.17, 15) is 5.11 Å². The van der Waals surface area contributed by atoms with Crippen LogP contribution in [0.15, 0.2) is 0 Å². The smallest absolute Gasteiger partial charge is 0.0662 e. The first-order chi connectivity index (χ1) is 5.20. The summed E-state index contributed by atoms with van der Waals surface area (Å²) in [7, 11) is 0. The van der Waals surface area contributed by atoms with E-state index in [1.54, 1.807) is 0 Å². The molecule has 0 spiro atoms. The molecule has 0 aromatic carbocycles. The van der Waals surface area contributed by atoms with Gasteiger partial charge in [0.15, 0.2) is 0 Å². The van der Waals surface area contributed by atoms with Crippen LogP contribution in [-0.2, 0) is 0 Å². The highest BCUT2D eigenvalue weighted by Crippen LogP contribution is 2.42. The van der Waals surface area contributed by atoms with E-state index in [0.29, 0.717) is 5.92 Å². The minimum Gasteiger partial charge on any atom is -0.390 e. The maximum atomic E-state index is 9.95. The summed E-state index contributed by atoms with van der Waals surface area (Å²) in [6, 6.07) is 0. The molecule has 2 fully saturated rings. The second-order valence-electron chi connectivity index (χ2n) is 4.26. The van der Waals surface area contributed by atoms with Crippen molar-refractivity contribution >= 4 is 0 Å². The zero-order valence-electron chi connectivity index (χ0n) is 7.14. The minimum absolute atomic E-state index is 0.377. The van der Waals surface area contributed by atoms with Gasteiger partial charge in [-0.15, -0.1) is 0 Å². The van der Waals surface area contributed by atoms with Gasteiger partial charge in [-0.1, -0.05) is 0 Å². The summed E-state index contributed by atoms with van der Waals surface area (Å²) < 4.78 is 0. The van der Waals surface area contributed by atoms with Gasteiger partial charge < -0.3 is 10.4 Å². The Labute approximate surface area is 68.0 Å². The summed E-state index contributed by atoms with van der Waals surface area (Å²) in [5, 5.41) is 13.3. The Morgan fingerprint density at radius 2 is 2.27 bits per heavy atom. The van der Waals surface area contributed by atoms with E-state index in [0.717, 1.165) is 25.4 Å². The maximum Gasteiger partial charge on any atom is 0.0662 e. The summed E-state index contributed by atoms with van der Waals surface area (Å²) in [6.07, 6.45) is 3.50. The monoisotopic (exact) mass is 155 g/mol. The van der Waals surface area contributed by atoms with E-state index in [2.05, 4.69) is 5.32 Å². The largest absolute Gasteiger partial charge is 0.390 e. The Kier molecular flexibility index (Phi) is 1.69. The van der Waals surface area contributed by atoms with Crippen LogP contribution in [0.1, 0.15) is 26.2 Å². The molecule has 1 heterocycles. The highest BCUT2D eigenvalue weighted by atomic mass is 16.3. The second-order valence-corrected chi connectivity index (χ2v) is 4.26. The number of aliphatic hydroxyl groups is 1. The standard InChI is InChI=1S/C9H17NO/c1-9(11)4-2-7-3-5-10-6-8(7)9/h7-8,10-11H,2-6H2,1H3/t7-,8+,9?/m0/s1. The van der Waals surface area contributed by atoms with Crippen LogP contribution in [0.25, 0.3) is 0 Å². The van der Waals surface area contributed by atoms with Crippen molar-refractivity contribution in [1.82, 2.24) is 5.32 Å². The predicted octanol–water partition coefficient (Wildman–Crippen LogP) is 0.757. The van der Waals surface area contributed by atoms with E-state index in [1.165, 1.54) is 12.8 Å². The molecular formula is C9H17NO. The third-order valence-electron chi connectivity index (χ3n) is 3.45. The molecule has 2 aliphatic rings. The average molecular weight is 155 g/mol. The summed E-state index contributed by atoms with van der Waals surface area (Å²) >= 11 is 0. The second kappa shape index (κ2) is 2.46. The first kappa shape index (κ1) is 7.56. The molecule has 0 bridgehead atoms. The van der Waals surface area contributed by atoms with Crippen molar-refractivity contribution in [3.63, 3.8) is 0 Å². The first-order valence-electron chi connectivity index (χ1n) is 4.63. The topological polar surface area (TPSA) is 32.3 Å². The van der Waals surface area contributed by atoms with E-state index in [-0.39, 0.29) is 5.60 Å². The minimum atomic E-state index is -0.377. The molecule has 2 nitrogen and oxygen atoms in total. The SMILES string of the molecule is CC1(O)CC[C@H]2CCNC[C@H]21. The Hall–Kier alpha value is -0.0800. The molecule has 2 heteroatoms. The number of nitrogens with one attached hydrogen (secondary N) is 1. The molecule has 11 heavy (non-hydrogen) atoms. The van der Waals surface area contributed by atoms with Crippen LogP contribution in [0.5, 0.6) is 0 Å². The molecule has 0 radical (unpaired) electrons. The summed E-state index contributed by atoms with van der Waals surface area (Å²) in [6.45, 7) is 4.17. The molecule has 1 unspecified atom stereocenters. The van der Waals surface area contributed by atoms with Crippen molar-refractivity contribution in [2.24, 2.45) is 11.8 Å². The van der Waals surface area contributed by atoms with E-state index in [1.807, 2.05) is 6.92 Å². The lowest BCUT2D eigenvalue weighted by atomic mass is 9.83. The molecule has 1 aliphatic heterocycles. The van der Waals surface area contributed by atoms with Crippen molar-refractivity contribution in [2.45, 2.75) is 31.8 Å². The molecule has 0 aromatic heterocycles. The molecule has 2 rings (SSSR count). The molecule has 0 aromatic rings. The van der Waals surface area contributed by atoms with Crippen LogP contribution in [0.2, 0.25) is 0 Å². The van der Waals surface area contributed by atoms with Gasteiger partial charge in [-0.3, -0.25) is 0 Å². The quantitative estimate of drug-likeness (QED) is 0.541. The Balaban J connectivity index is 2.10. The summed E-state index contributed by atoms with van der Waals surface area (Å²) in [5.41, 5.74) is -0.377. The third kappa shape index (κ3) is 1.18. The fourth-order valence-corrected chi connectivity index (χ4v) is 2.65. The number of hydrogen-bond acceptors (Lipinski definition) is 2. The van der Waals surface area contributed by atoms with E-state index < -0.39 is 0 Å². The van der Waals surface area contributed by atoms with E-state index >= 15 is 0 Å². The zero-order valence-corrected chi connectivity index (χ0v) is 7.14. The van der Waals surface area contributed by atoms with Gasteiger partial charge in [0.25, 0.3) is 0 Å². The van der Waals surface area contributed by atoms with Crippen LogP contribution in [0.4, 0.5) is 0 Å². The highest BCUT2D eigenvalue weighted by Gasteiger charge is 2.44. The van der Waals surface area contributed by atoms with E-state index in [4.69, 9.17) is 0 Å². The van der Waals surface area contributed by atoms with Gasteiger partial charge in [-0.25, -0.2) is 0 Å². The lowest BCUT2D eigenvalue weighted by molar-refractivity contribution is 0.00414. The van der Waals surface area contributed by atoms with Crippen LogP contribution in [0.3, 0.4) is 0 Å². The lowest BCUT2D eigenvalue weighted by Crippen LogP contribution is -2.43. The van der Waals surface area contributed by atoms with Gasteiger partial charge in [0.1, 0.15) is 0 Å². The first-order valence-corrected chi connectivity index (χ1v) is 4.63. The van der Waals surface area contributed by atoms with Crippen molar-refractivity contribution in [1.29, 1.82) is 0 Å². The molecular weight excluding hydrogens is 138 g/mol. The number of fused-ring (bicyclic) bond motifs is 1. The highest BCUT2D eigenvalue weighted by molar-refractivity contribution is 4.97. The predicted molar refractivity (Wildman–Crippen MR) is 44.3 cm³/mol. The zero-order chi connectivity index (χ0) is 7.90. The van der Waals surface area contributed by atoms with Gasteiger partial charge in [0, 0.05) is 12.5 Å². The van der Waals surface area contributed by atoms with Gasteiger partial charge in [0.2, 0.25) is 0 Å². The Morgan fingerprint density at radius 3 is 3.00 bits per heavy atom. The van der Waals surface area contributed by atoms with Gasteiger partial charge in [-0.05, 0) is 38.6 Å². The molecule has 2 N–H and O–H groups in total. The molecule has 64 valence electrons. The van der Waals surface area contributed by atoms with Crippen molar-refractivity contribution < 1.29 is 5.11 Å². The number of rotatable bonds is 0. The summed E-state index contributed by atoms with van der Waals surface area (Å²) in [5.74, 6) is 1.32. The normalized spacial score (nSPS) is 50.7. The molecule has 1 saturated heterocycles. The maximum absolute atomic E-state index is 9.95. The van der Waals surface area contributed by atoms with Crippen LogP contribution >= 0.6 is 0 Å². The number of piperidine rings is 1. The molecule has 1 aliphatic carbocycles. The molecule has 0 amide bonds. The third-order valence-corrected chi connectivity index (χ3v) is 3.45. The molecule has 3 atom stereocenters. The van der Waals surface area contributed by atoms with Crippen molar-refractivity contribution in [2.75, 3.05) is 13.1 Å².